The van der Waals surface area contributed by atoms with Gasteiger partial charge >= 0.3 is 0 Å². The third kappa shape index (κ3) is 6.34. The summed E-state index contributed by atoms with van der Waals surface area (Å²) in [6.07, 6.45) is 2.16. The van der Waals surface area contributed by atoms with E-state index in [2.05, 4.69) is 15.5 Å². The molecule has 1 fully saturated rings. The lowest BCUT2D eigenvalue weighted by Gasteiger charge is -2.22. The highest BCUT2D eigenvalue weighted by atomic mass is 16.5. The molecule has 1 aliphatic rings. The van der Waals surface area contributed by atoms with E-state index >= 15 is 0 Å². The highest BCUT2D eigenvalue weighted by molar-refractivity contribution is 6.05. The summed E-state index contributed by atoms with van der Waals surface area (Å²) < 4.78 is 16.2. The van der Waals surface area contributed by atoms with Gasteiger partial charge in [-0.2, -0.15) is 0 Å². The maximum Gasteiger partial charge on any atom is 0.255 e. The van der Waals surface area contributed by atoms with Crippen molar-refractivity contribution in [3.8, 4) is 17.2 Å². The maximum atomic E-state index is 13.0. The molecule has 36 heavy (non-hydrogen) atoms. The van der Waals surface area contributed by atoms with Gasteiger partial charge in [-0.3, -0.25) is 14.5 Å². The molecule has 1 saturated carbocycles. The molecular weight excluding hydrogens is 458 g/mol. The van der Waals surface area contributed by atoms with E-state index in [9.17, 15) is 9.59 Å². The Morgan fingerprint density at radius 1 is 0.833 bits per heavy atom. The quantitative estimate of drug-likeness (QED) is 0.410. The lowest BCUT2D eigenvalue weighted by Crippen LogP contribution is -2.34. The summed E-state index contributed by atoms with van der Waals surface area (Å²) in [5.41, 5.74) is 2.55. The molecule has 8 heteroatoms. The summed E-state index contributed by atoms with van der Waals surface area (Å²) in [6.45, 7) is 0.918. The second-order valence-electron chi connectivity index (χ2n) is 8.61. The molecular formula is C28H31N3O5. The molecule has 2 amide bonds. The molecule has 0 aliphatic heterocycles. The van der Waals surface area contributed by atoms with Crippen molar-refractivity contribution in [2.24, 2.45) is 0 Å². The summed E-state index contributed by atoms with van der Waals surface area (Å²) in [5, 5.41) is 5.80. The molecule has 4 rings (SSSR count). The summed E-state index contributed by atoms with van der Waals surface area (Å²) in [5.74, 6) is 1.20. The van der Waals surface area contributed by atoms with Gasteiger partial charge in [0.25, 0.3) is 5.91 Å². The highest BCUT2D eigenvalue weighted by Gasteiger charge is 2.30. The first-order valence-electron chi connectivity index (χ1n) is 11.8. The number of carbonyl (C=O) groups excluding carboxylic acids is 2. The fourth-order valence-corrected chi connectivity index (χ4v) is 3.97. The SMILES string of the molecule is COc1ccc(CN(CC(=O)Nc2cc(OC)c(NC(=O)c3ccccc3)cc2OC)C2CC2)cc1. The molecule has 0 spiro atoms. The number of ether oxygens (including phenoxy) is 3. The van der Waals surface area contributed by atoms with Crippen molar-refractivity contribution in [1.82, 2.24) is 4.90 Å². The molecule has 3 aromatic carbocycles. The van der Waals surface area contributed by atoms with Gasteiger partial charge in [-0.25, -0.2) is 0 Å². The predicted octanol–water partition coefficient (Wildman–Crippen LogP) is 4.57. The average Bonchev–Trinajstić information content (AvgIpc) is 3.75. The number of hydrogen-bond acceptors (Lipinski definition) is 6. The van der Waals surface area contributed by atoms with Crippen LogP contribution in [0.1, 0.15) is 28.8 Å². The van der Waals surface area contributed by atoms with Gasteiger partial charge in [-0.05, 0) is 42.7 Å². The van der Waals surface area contributed by atoms with Crippen molar-refractivity contribution >= 4 is 23.2 Å². The van der Waals surface area contributed by atoms with Gasteiger partial charge in [0.05, 0.1) is 39.2 Å². The third-order valence-electron chi connectivity index (χ3n) is 6.03. The van der Waals surface area contributed by atoms with Crippen LogP contribution in [0.5, 0.6) is 17.2 Å². The van der Waals surface area contributed by atoms with E-state index in [-0.39, 0.29) is 18.4 Å². The van der Waals surface area contributed by atoms with E-state index in [0.29, 0.717) is 41.0 Å². The molecule has 0 heterocycles. The standard InChI is InChI=1S/C28H31N3O5/c1-34-22-13-9-19(10-14-22)17-31(21-11-12-21)18-27(32)29-23-15-26(36-3)24(16-25(23)35-2)30-28(33)20-7-5-4-6-8-20/h4-10,13-16,21H,11-12,17-18H2,1-3H3,(H,29,32)(H,30,33). The molecule has 8 nitrogen and oxygen atoms in total. The number of nitrogens with one attached hydrogen (secondary N) is 2. The lowest BCUT2D eigenvalue weighted by atomic mass is 10.2. The van der Waals surface area contributed by atoms with Crippen LogP contribution in [0.25, 0.3) is 0 Å². The molecule has 0 aromatic heterocycles. The molecule has 0 atom stereocenters. The number of benzene rings is 3. The molecule has 0 saturated heterocycles. The Morgan fingerprint density at radius 3 is 2.00 bits per heavy atom. The first-order chi connectivity index (χ1) is 17.5. The Balaban J connectivity index is 1.46. The largest absolute Gasteiger partial charge is 0.497 e. The molecule has 1 aliphatic carbocycles. The molecule has 0 bridgehead atoms. The first kappa shape index (κ1) is 25.1. The predicted molar refractivity (Wildman–Crippen MR) is 139 cm³/mol. The molecule has 0 radical (unpaired) electrons. The third-order valence-corrected chi connectivity index (χ3v) is 6.03. The fraction of sp³-hybridized carbons (Fsp3) is 0.286. The van der Waals surface area contributed by atoms with Crippen molar-refractivity contribution in [1.29, 1.82) is 0 Å². The van der Waals surface area contributed by atoms with Crippen molar-refractivity contribution in [3.05, 3.63) is 77.9 Å². The Kier molecular flexibility index (Phi) is 8.07. The second kappa shape index (κ2) is 11.6. The topological polar surface area (TPSA) is 89.1 Å². The summed E-state index contributed by atoms with van der Waals surface area (Å²) in [7, 11) is 4.67. The number of rotatable bonds is 11. The van der Waals surface area contributed by atoms with Crippen molar-refractivity contribution in [3.63, 3.8) is 0 Å². The zero-order chi connectivity index (χ0) is 25.5. The zero-order valence-electron chi connectivity index (χ0n) is 20.7. The second-order valence-corrected chi connectivity index (χ2v) is 8.61. The number of methoxy groups -OCH3 is 3. The van der Waals surface area contributed by atoms with Crippen molar-refractivity contribution < 1.29 is 23.8 Å². The molecule has 3 aromatic rings. The minimum atomic E-state index is -0.272. The highest BCUT2D eigenvalue weighted by Crippen LogP contribution is 2.37. The van der Waals surface area contributed by atoms with Gasteiger partial charge in [-0.1, -0.05) is 30.3 Å². The van der Waals surface area contributed by atoms with Crippen LogP contribution in [0.15, 0.2) is 66.7 Å². The van der Waals surface area contributed by atoms with Crippen LogP contribution in [0.2, 0.25) is 0 Å². The smallest absolute Gasteiger partial charge is 0.255 e. The minimum absolute atomic E-state index is 0.156. The van der Waals surface area contributed by atoms with Gasteiger partial charge in [0.15, 0.2) is 0 Å². The average molecular weight is 490 g/mol. The summed E-state index contributed by atoms with van der Waals surface area (Å²) in [4.78, 5) is 27.8. The summed E-state index contributed by atoms with van der Waals surface area (Å²) in [6, 6.07) is 20.5. The van der Waals surface area contributed by atoms with E-state index in [4.69, 9.17) is 14.2 Å². The van der Waals surface area contributed by atoms with Crippen LogP contribution in [-0.2, 0) is 11.3 Å². The normalized spacial score (nSPS) is 12.7. The van der Waals surface area contributed by atoms with E-state index in [0.717, 1.165) is 24.2 Å². The Morgan fingerprint density at radius 2 is 1.44 bits per heavy atom. The van der Waals surface area contributed by atoms with Crippen molar-refractivity contribution in [2.45, 2.75) is 25.4 Å². The number of nitrogens with zero attached hydrogens (tertiary/aromatic N) is 1. The van der Waals surface area contributed by atoms with Crippen LogP contribution in [-0.4, -0.2) is 50.6 Å². The monoisotopic (exact) mass is 489 g/mol. The van der Waals surface area contributed by atoms with Crippen LogP contribution in [0.4, 0.5) is 11.4 Å². The Hall–Kier alpha value is -4.04. The zero-order valence-corrected chi connectivity index (χ0v) is 20.7. The van der Waals surface area contributed by atoms with E-state index in [1.54, 1.807) is 43.5 Å². The van der Waals surface area contributed by atoms with Gasteiger partial charge in [0.1, 0.15) is 17.2 Å². The van der Waals surface area contributed by atoms with Crippen molar-refractivity contribution in [2.75, 3.05) is 38.5 Å². The Labute approximate surface area is 211 Å². The molecule has 2 N–H and O–H groups in total. The van der Waals surface area contributed by atoms with Gasteiger partial charge in [-0.15, -0.1) is 0 Å². The van der Waals surface area contributed by atoms with Gasteiger partial charge in [0.2, 0.25) is 5.91 Å². The van der Waals surface area contributed by atoms with Crippen LogP contribution < -0.4 is 24.8 Å². The molecule has 0 unspecified atom stereocenters. The van der Waals surface area contributed by atoms with Gasteiger partial charge < -0.3 is 24.8 Å². The number of carbonyl (C=O) groups is 2. The summed E-state index contributed by atoms with van der Waals surface area (Å²) >= 11 is 0. The van der Waals surface area contributed by atoms with Crippen LogP contribution in [0, 0.1) is 0 Å². The van der Waals surface area contributed by atoms with Gasteiger partial charge in [0, 0.05) is 30.3 Å². The van der Waals surface area contributed by atoms with E-state index in [1.165, 1.54) is 14.2 Å². The number of amides is 2. The number of hydrogen-bond donors (Lipinski definition) is 2. The number of anilines is 2. The lowest BCUT2D eigenvalue weighted by molar-refractivity contribution is -0.117. The fourth-order valence-electron chi connectivity index (χ4n) is 3.97. The first-order valence-corrected chi connectivity index (χ1v) is 11.8. The van der Waals surface area contributed by atoms with E-state index in [1.807, 2.05) is 30.3 Å². The minimum Gasteiger partial charge on any atom is -0.497 e. The van der Waals surface area contributed by atoms with Crippen LogP contribution >= 0.6 is 0 Å². The van der Waals surface area contributed by atoms with Crippen LogP contribution in [0.3, 0.4) is 0 Å². The van der Waals surface area contributed by atoms with E-state index < -0.39 is 0 Å². The Bertz CT molecular complexity index is 1190. The molecule has 188 valence electrons. The maximum absolute atomic E-state index is 13.0.